The van der Waals surface area contributed by atoms with Crippen LogP contribution in [0.5, 0.6) is 0 Å². The summed E-state index contributed by atoms with van der Waals surface area (Å²) in [5, 5.41) is 13.6. The van der Waals surface area contributed by atoms with Crippen molar-refractivity contribution in [2.75, 3.05) is 13.1 Å². The zero-order valence-corrected chi connectivity index (χ0v) is 14.1. The molecule has 3 rings (SSSR count). The monoisotopic (exact) mass is 325 g/mol. The predicted molar refractivity (Wildman–Crippen MR) is 93.7 cm³/mol. The van der Waals surface area contributed by atoms with Gasteiger partial charge in [0.1, 0.15) is 0 Å². The Bertz CT molecular complexity index is 695. The van der Waals surface area contributed by atoms with Crippen LogP contribution in [0, 0.1) is 0 Å². The standard InChI is InChI=1S/C18H23N5O/c1-14(15(2)22-11-6-10-20-22)19-13-18(24)23-12-9-17(21-23)16-7-4-3-5-8-16/h3-8,10-11,14-15,19H,9,12-13H2,1-2H3/t14-,15-/m1/s1. The molecule has 2 heterocycles. The largest absolute Gasteiger partial charge is 0.304 e. The smallest absolute Gasteiger partial charge is 0.256 e. The molecule has 0 fully saturated rings. The van der Waals surface area contributed by atoms with Gasteiger partial charge < -0.3 is 5.32 Å². The van der Waals surface area contributed by atoms with Gasteiger partial charge in [0.25, 0.3) is 5.91 Å². The summed E-state index contributed by atoms with van der Waals surface area (Å²) in [4.78, 5) is 12.4. The Balaban J connectivity index is 1.53. The number of nitrogens with zero attached hydrogens (tertiary/aromatic N) is 4. The average molecular weight is 325 g/mol. The Labute approximate surface area is 142 Å². The number of hydrazone groups is 1. The number of benzene rings is 1. The fourth-order valence-electron chi connectivity index (χ4n) is 2.73. The van der Waals surface area contributed by atoms with Crippen molar-refractivity contribution >= 4 is 11.6 Å². The van der Waals surface area contributed by atoms with Crippen molar-refractivity contribution in [2.45, 2.75) is 32.4 Å². The summed E-state index contributed by atoms with van der Waals surface area (Å²) in [5.74, 6) is 0.000413. The SMILES string of the molecule is C[C@H]([C@@H](C)NCC(=O)N1CCC(c2ccccc2)=N1)n1cccn1. The molecule has 1 N–H and O–H groups in total. The van der Waals surface area contributed by atoms with Crippen LogP contribution in [0.2, 0.25) is 0 Å². The van der Waals surface area contributed by atoms with Gasteiger partial charge in [-0.2, -0.15) is 10.2 Å². The summed E-state index contributed by atoms with van der Waals surface area (Å²) in [5.41, 5.74) is 2.06. The molecule has 0 spiro atoms. The lowest BCUT2D eigenvalue weighted by molar-refractivity contribution is -0.129. The average Bonchev–Trinajstić information content (AvgIpc) is 3.31. The molecule has 0 bridgehead atoms. The van der Waals surface area contributed by atoms with E-state index in [1.54, 1.807) is 11.2 Å². The molecule has 1 aliphatic heterocycles. The quantitative estimate of drug-likeness (QED) is 0.884. The summed E-state index contributed by atoms with van der Waals surface area (Å²) < 4.78 is 1.89. The van der Waals surface area contributed by atoms with E-state index in [0.717, 1.165) is 17.7 Å². The van der Waals surface area contributed by atoms with Gasteiger partial charge in [0, 0.05) is 24.9 Å². The lowest BCUT2D eigenvalue weighted by Gasteiger charge is -2.22. The molecule has 0 radical (unpaired) electrons. The van der Waals surface area contributed by atoms with Crippen molar-refractivity contribution in [1.29, 1.82) is 0 Å². The number of carbonyl (C=O) groups excluding carboxylic acids is 1. The number of rotatable bonds is 6. The lowest BCUT2D eigenvalue weighted by atomic mass is 10.1. The third kappa shape index (κ3) is 3.71. The second kappa shape index (κ2) is 7.40. The zero-order valence-electron chi connectivity index (χ0n) is 14.1. The van der Waals surface area contributed by atoms with Gasteiger partial charge in [-0.3, -0.25) is 9.48 Å². The minimum absolute atomic E-state index is 0.000413. The third-order valence-corrected chi connectivity index (χ3v) is 4.44. The number of aromatic nitrogens is 2. The molecular weight excluding hydrogens is 302 g/mol. The van der Waals surface area contributed by atoms with E-state index < -0.39 is 0 Å². The number of hydrogen-bond donors (Lipinski definition) is 1. The van der Waals surface area contributed by atoms with E-state index in [2.05, 4.69) is 29.4 Å². The molecule has 2 aromatic rings. The van der Waals surface area contributed by atoms with Gasteiger partial charge in [0.15, 0.2) is 0 Å². The summed E-state index contributed by atoms with van der Waals surface area (Å²) in [7, 11) is 0. The molecule has 2 atom stereocenters. The molecule has 1 aromatic heterocycles. The fraction of sp³-hybridized carbons (Fsp3) is 0.389. The molecule has 1 aliphatic rings. The Kier molecular flexibility index (Phi) is 5.05. The molecule has 24 heavy (non-hydrogen) atoms. The highest BCUT2D eigenvalue weighted by Gasteiger charge is 2.22. The number of hydrogen-bond acceptors (Lipinski definition) is 4. The molecule has 6 heteroatoms. The van der Waals surface area contributed by atoms with E-state index in [1.165, 1.54) is 0 Å². The first-order valence-electron chi connectivity index (χ1n) is 8.31. The van der Waals surface area contributed by atoms with Crippen molar-refractivity contribution < 1.29 is 4.79 Å². The minimum Gasteiger partial charge on any atom is -0.304 e. The zero-order chi connectivity index (χ0) is 16.9. The van der Waals surface area contributed by atoms with Crippen LogP contribution in [0.1, 0.15) is 31.9 Å². The molecule has 0 saturated heterocycles. The van der Waals surface area contributed by atoms with E-state index in [1.807, 2.05) is 47.3 Å². The highest BCUT2D eigenvalue weighted by molar-refractivity contribution is 6.02. The van der Waals surface area contributed by atoms with Crippen LogP contribution in [0.3, 0.4) is 0 Å². The van der Waals surface area contributed by atoms with E-state index in [9.17, 15) is 4.79 Å². The maximum absolute atomic E-state index is 12.4. The van der Waals surface area contributed by atoms with Gasteiger partial charge in [-0.1, -0.05) is 30.3 Å². The van der Waals surface area contributed by atoms with E-state index in [-0.39, 0.29) is 24.5 Å². The molecule has 126 valence electrons. The maximum atomic E-state index is 12.4. The first-order chi connectivity index (χ1) is 11.6. The molecular formula is C18H23N5O. The van der Waals surface area contributed by atoms with Crippen molar-refractivity contribution in [3.8, 4) is 0 Å². The third-order valence-electron chi connectivity index (χ3n) is 4.44. The van der Waals surface area contributed by atoms with Crippen LogP contribution in [0.15, 0.2) is 53.9 Å². The Morgan fingerprint density at radius 2 is 2.04 bits per heavy atom. The lowest BCUT2D eigenvalue weighted by Crippen LogP contribution is -2.41. The normalized spacial score (nSPS) is 16.8. The minimum atomic E-state index is 0.000413. The van der Waals surface area contributed by atoms with Crippen LogP contribution < -0.4 is 5.32 Å². The molecule has 0 unspecified atom stereocenters. The molecule has 0 saturated carbocycles. The van der Waals surface area contributed by atoms with Crippen molar-refractivity contribution in [3.05, 3.63) is 54.4 Å². The van der Waals surface area contributed by atoms with Gasteiger partial charge in [-0.15, -0.1) is 0 Å². The van der Waals surface area contributed by atoms with Crippen LogP contribution in [0.25, 0.3) is 0 Å². The Morgan fingerprint density at radius 1 is 1.25 bits per heavy atom. The molecule has 1 amide bonds. The number of carbonyl (C=O) groups is 1. The second-order valence-electron chi connectivity index (χ2n) is 6.08. The van der Waals surface area contributed by atoms with E-state index >= 15 is 0 Å². The summed E-state index contributed by atoms with van der Waals surface area (Å²) in [6.45, 7) is 5.06. The molecule has 0 aliphatic carbocycles. The van der Waals surface area contributed by atoms with Crippen LogP contribution >= 0.6 is 0 Å². The van der Waals surface area contributed by atoms with Crippen LogP contribution in [0.4, 0.5) is 0 Å². The second-order valence-corrected chi connectivity index (χ2v) is 6.08. The number of amides is 1. The van der Waals surface area contributed by atoms with E-state index in [4.69, 9.17) is 0 Å². The predicted octanol–water partition coefficient (Wildman–Crippen LogP) is 2.06. The topological polar surface area (TPSA) is 62.5 Å². The number of nitrogens with one attached hydrogen (secondary N) is 1. The molecule has 6 nitrogen and oxygen atoms in total. The maximum Gasteiger partial charge on any atom is 0.256 e. The van der Waals surface area contributed by atoms with Gasteiger partial charge in [-0.05, 0) is 25.5 Å². The highest BCUT2D eigenvalue weighted by Crippen LogP contribution is 2.14. The van der Waals surface area contributed by atoms with Crippen molar-refractivity contribution in [1.82, 2.24) is 20.1 Å². The summed E-state index contributed by atoms with van der Waals surface area (Å²) >= 11 is 0. The highest BCUT2D eigenvalue weighted by atomic mass is 16.2. The van der Waals surface area contributed by atoms with Gasteiger partial charge in [-0.25, -0.2) is 5.01 Å². The van der Waals surface area contributed by atoms with Gasteiger partial charge in [0.2, 0.25) is 0 Å². The first kappa shape index (κ1) is 16.4. The van der Waals surface area contributed by atoms with Gasteiger partial charge in [0.05, 0.1) is 24.8 Å². The first-order valence-corrected chi connectivity index (χ1v) is 8.31. The van der Waals surface area contributed by atoms with Crippen molar-refractivity contribution in [2.24, 2.45) is 5.10 Å². The Hall–Kier alpha value is -2.47. The van der Waals surface area contributed by atoms with Crippen LogP contribution in [-0.2, 0) is 4.79 Å². The van der Waals surface area contributed by atoms with Crippen LogP contribution in [-0.4, -0.2) is 45.5 Å². The summed E-state index contributed by atoms with van der Waals surface area (Å²) in [6.07, 6.45) is 4.50. The molecule has 1 aromatic carbocycles. The van der Waals surface area contributed by atoms with Crippen molar-refractivity contribution in [3.63, 3.8) is 0 Å². The summed E-state index contributed by atoms with van der Waals surface area (Å²) in [6, 6.07) is 12.2. The van der Waals surface area contributed by atoms with E-state index in [0.29, 0.717) is 6.54 Å². The van der Waals surface area contributed by atoms with Gasteiger partial charge >= 0.3 is 0 Å². The Morgan fingerprint density at radius 3 is 2.75 bits per heavy atom. The fourth-order valence-corrected chi connectivity index (χ4v) is 2.73.